The van der Waals surface area contributed by atoms with E-state index in [9.17, 15) is 4.79 Å². The molecule has 0 aliphatic heterocycles. The number of aromatic nitrogens is 1. The fourth-order valence-corrected chi connectivity index (χ4v) is 1.40. The second-order valence-corrected chi connectivity index (χ2v) is 3.58. The van der Waals surface area contributed by atoms with Gasteiger partial charge in [-0.25, -0.2) is 9.78 Å². The van der Waals surface area contributed by atoms with Gasteiger partial charge in [0.2, 0.25) is 0 Å². The van der Waals surface area contributed by atoms with Crippen molar-refractivity contribution in [2.75, 3.05) is 12.4 Å². The number of esters is 1. The van der Waals surface area contributed by atoms with Gasteiger partial charge in [-0.15, -0.1) is 12.3 Å². The topological polar surface area (TPSA) is 51.2 Å². The Hall–Kier alpha value is -2.02. The monoisotopic (exact) mass is 232 g/mol. The highest BCUT2D eigenvalue weighted by Gasteiger charge is 2.09. The molecule has 4 heteroatoms. The zero-order valence-corrected chi connectivity index (χ0v) is 10.1. The number of nitrogens with one attached hydrogen (secondary N) is 1. The van der Waals surface area contributed by atoms with Crippen LogP contribution < -0.4 is 5.32 Å². The molecule has 0 fully saturated rings. The Balaban J connectivity index is 2.78. The second-order valence-electron chi connectivity index (χ2n) is 3.58. The van der Waals surface area contributed by atoms with Crippen LogP contribution in [-0.2, 0) is 4.74 Å². The maximum Gasteiger partial charge on any atom is 0.338 e. The normalized spacial score (nSPS) is 11.4. The van der Waals surface area contributed by atoms with E-state index in [2.05, 4.69) is 21.0 Å². The maximum atomic E-state index is 11.3. The van der Waals surface area contributed by atoms with Crippen molar-refractivity contribution < 1.29 is 9.53 Å². The third kappa shape index (κ3) is 3.80. The Kier molecular flexibility index (Phi) is 5.02. The van der Waals surface area contributed by atoms with Crippen molar-refractivity contribution in [3.63, 3.8) is 0 Å². The highest BCUT2D eigenvalue weighted by atomic mass is 16.5. The fraction of sp³-hybridized carbons (Fsp3) is 0.385. The van der Waals surface area contributed by atoms with Gasteiger partial charge in [-0.2, -0.15) is 0 Å². The van der Waals surface area contributed by atoms with Gasteiger partial charge in [0.05, 0.1) is 12.7 Å². The van der Waals surface area contributed by atoms with E-state index in [1.165, 1.54) is 7.11 Å². The fourth-order valence-electron chi connectivity index (χ4n) is 1.40. The highest BCUT2D eigenvalue weighted by Crippen LogP contribution is 2.11. The minimum atomic E-state index is -0.375. The van der Waals surface area contributed by atoms with E-state index in [1.807, 2.05) is 6.92 Å². The van der Waals surface area contributed by atoms with Crippen LogP contribution in [0.2, 0.25) is 0 Å². The van der Waals surface area contributed by atoms with E-state index in [4.69, 9.17) is 6.42 Å². The van der Waals surface area contributed by atoms with Gasteiger partial charge >= 0.3 is 5.97 Å². The summed E-state index contributed by atoms with van der Waals surface area (Å²) in [7, 11) is 1.35. The number of terminal acetylenes is 1. The van der Waals surface area contributed by atoms with Crippen LogP contribution in [0, 0.1) is 12.3 Å². The lowest BCUT2D eigenvalue weighted by Crippen LogP contribution is -2.18. The number of carbonyl (C=O) groups is 1. The zero-order chi connectivity index (χ0) is 12.7. The van der Waals surface area contributed by atoms with Gasteiger partial charge in [0.1, 0.15) is 5.82 Å². The third-order valence-electron chi connectivity index (χ3n) is 2.39. The summed E-state index contributed by atoms with van der Waals surface area (Å²) in [6.07, 6.45) is 8.36. The smallest absolute Gasteiger partial charge is 0.338 e. The van der Waals surface area contributed by atoms with E-state index in [0.717, 1.165) is 6.42 Å². The molecule has 1 aromatic heterocycles. The number of nitrogens with zero attached hydrogens (tertiary/aromatic N) is 1. The zero-order valence-electron chi connectivity index (χ0n) is 10.1. The summed E-state index contributed by atoms with van der Waals surface area (Å²) in [5.74, 6) is 2.87. The molecule has 0 saturated heterocycles. The lowest BCUT2D eigenvalue weighted by atomic mass is 10.1. The Morgan fingerprint density at radius 1 is 1.71 bits per heavy atom. The van der Waals surface area contributed by atoms with Crippen LogP contribution in [0.25, 0.3) is 0 Å². The summed E-state index contributed by atoms with van der Waals surface area (Å²) in [5.41, 5.74) is 0.473. The molecular formula is C13H16N2O2. The number of carbonyl (C=O) groups excluding carboxylic acids is 1. The minimum absolute atomic E-state index is 0.167. The standard InChI is InChI=1S/C13H16N2O2/c1-4-6-11(5-2)15-12-9-10(7-8-14-12)13(16)17-3/h1,7-9,11H,5-6H2,2-3H3,(H,14,15). The van der Waals surface area contributed by atoms with Crippen molar-refractivity contribution in [3.05, 3.63) is 23.9 Å². The summed E-state index contributed by atoms with van der Waals surface area (Å²) in [5, 5.41) is 3.19. The molecule has 90 valence electrons. The van der Waals surface area contributed by atoms with E-state index >= 15 is 0 Å². The van der Waals surface area contributed by atoms with Crippen molar-refractivity contribution >= 4 is 11.8 Å². The highest BCUT2D eigenvalue weighted by molar-refractivity contribution is 5.89. The molecule has 0 bridgehead atoms. The Bertz CT molecular complexity index is 424. The van der Waals surface area contributed by atoms with Crippen molar-refractivity contribution in [2.45, 2.75) is 25.8 Å². The number of pyridine rings is 1. The van der Waals surface area contributed by atoms with E-state index < -0.39 is 0 Å². The quantitative estimate of drug-likeness (QED) is 0.624. The lowest BCUT2D eigenvalue weighted by molar-refractivity contribution is 0.0600. The molecule has 0 aromatic carbocycles. The summed E-state index contributed by atoms with van der Waals surface area (Å²) in [6.45, 7) is 2.04. The van der Waals surface area contributed by atoms with Crippen LogP contribution in [-0.4, -0.2) is 24.1 Å². The largest absolute Gasteiger partial charge is 0.465 e. The summed E-state index contributed by atoms with van der Waals surface area (Å²) in [4.78, 5) is 15.5. The van der Waals surface area contributed by atoms with E-state index in [1.54, 1.807) is 18.3 Å². The lowest BCUT2D eigenvalue weighted by Gasteiger charge is -2.15. The molecule has 0 saturated carbocycles. The van der Waals surface area contributed by atoms with Gasteiger partial charge in [0.25, 0.3) is 0 Å². The first-order valence-corrected chi connectivity index (χ1v) is 5.45. The molecule has 1 rings (SSSR count). The third-order valence-corrected chi connectivity index (χ3v) is 2.39. The Morgan fingerprint density at radius 3 is 3.06 bits per heavy atom. The van der Waals surface area contributed by atoms with Gasteiger partial charge in [-0.05, 0) is 18.6 Å². The first-order valence-electron chi connectivity index (χ1n) is 5.45. The predicted molar refractivity (Wildman–Crippen MR) is 66.7 cm³/mol. The van der Waals surface area contributed by atoms with Crippen molar-refractivity contribution in [3.8, 4) is 12.3 Å². The van der Waals surface area contributed by atoms with Crippen LogP contribution >= 0.6 is 0 Å². The van der Waals surface area contributed by atoms with Gasteiger partial charge in [-0.3, -0.25) is 0 Å². The Morgan fingerprint density at radius 2 is 2.47 bits per heavy atom. The Labute approximate surface area is 101 Å². The van der Waals surface area contributed by atoms with Gasteiger partial charge in [0.15, 0.2) is 0 Å². The summed E-state index contributed by atoms with van der Waals surface area (Å²) < 4.78 is 4.64. The van der Waals surface area contributed by atoms with Gasteiger partial charge in [0, 0.05) is 18.7 Å². The molecule has 17 heavy (non-hydrogen) atoms. The molecule has 4 nitrogen and oxygen atoms in total. The number of anilines is 1. The van der Waals surface area contributed by atoms with E-state index in [-0.39, 0.29) is 12.0 Å². The molecule has 0 spiro atoms. The molecule has 0 aliphatic rings. The number of ether oxygens (including phenoxy) is 1. The molecule has 1 atom stereocenters. The number of hydrogen-bond donors (Lipinski definition) is 1. The maximum absolute atomic E-state index is 11.3. The second kappa shape index (κ2) is 6.54. The average molecular weight is 232 g/mol. The molecular weight excluding hydrogens is 216 g/mol. The SMILES string of the molecule is C#CCC(CC)Nc1cc(C(=O)OC)ccn1. The number of hydrogen-bond acceptors (Lipinski definition) is 4. The summed E-state index contributed by atoms with van der Waals surface area (Å²) in [6, 6.07) is 3.44. The average Bonchev–Trinajstić information content (AvgIpc) is 2.37. The van der Waals surface area contributed by atoms with Crippen LogP contribution in [0.4, 0.5) is 5.82 Å². The number of rotatable bonds is 5. The van der Waals surface area contributed by atoms with Crippen LogP contribution in [0.5, 0.6) is 0 Å². The van der Waals surface area contributed by atoms with Crippen LogP contribution in [0.1, 0.15) is 30.1 Å². The molecule has 1 unspecified atom stereocenters. The first kappa shape index (κ1) is 13.0. The summed E-state index contributed by atoms with van der Waals surface area (Å²) >= 11 is 0. The molecule has 0 amide bonds. The molecule has 1 N–H and O–H groups in total. The van der Waals surface area contributed by atoms with Crippen LogP contribution in [0.15, 0.2) is 18.3 Å². The van der Waals surface area contributed by atoms with Gasteiger partial charge in [-0.1, -0.05) is 6.92 Å². The van der Waals surface area contributed by atoms with Gasteiger partial charge < -0.3 is 10.1 Å². The van der Waals surface area contributed by atoms with Crippen LogP contribution in [0.3, 0.4) is 0 Å². The minimum Gasteiger partial charge on any atom is -0.465 e. The van der Waals surface area contributed by atoms with Crippen molar-refractivity contribution in [1.29, 1.82) is 0 Å². The van der Waals surface area contributed by atoms with Crippen molar-refractivity contribution in [2.24, 2.45) is 0 Å². The molecule has 0 radical (unpaired) electrons. The molecule has 0 aliphatic carbocycles. The van der Waals surface area contributed by atoms with E-state index in [0.29, 0.717) is 17.8 Å². The molecule has 1 aromatic rings. The predicted octanol–water partition coefficient (Wildman–Crippen LogP) is 2.08. The molecule has 1 heterocycles. The first-order chi connectivity index (χ1) is 8.21. The van der Waals surface area contributed by atoms with Crippen molar-refractivity contribution in [1.82, 2.24) is 4.98 Å². The number of methoxy groups -OCH3 is 1.